The smallest absolute Gasteiger partial charge is 0.271 e. The maximum Gasteiger partial charge on any atom is 0.271 e. The van der Waals surface area contributed by atoms with Crippen molar-refractivity contribution in [2.75, 3.05) is 7.11 Å². The molecule has 0 fully saturated rings. The first kappa shape index (κ1) is 21.0. The lowest BCUT2D eigenvalue weighted by atomic mass is 10.2. The third-order valence-corrected chi connectivity index (χ3v) is 4.82. The number of benzene rings is 3. The third kappa shape index (κ3) is 4.73. The van der Waals surface area contributed by atoms with Crippen LogP contribution in [0.4, 0.5) is 0 Å². The highest BCUT2D eigenvalue weighted by atomic mass is 16.5. The number of amides is 1. The number of hydrazone groups is 1. The minimum absolute atomic E-state index is 0.156. The second kappa shape index (κ2) is 9.70. The summed E-state index contributed by atoms with van der Waals surface area (Å²) in [5.41, 5.74) is 5.45. The van der Waals surface area contributed by atoms with E-state index in [0.717, 1.165) is 16.6 Å². The molecule has 0 bridgehead atoms. The molecule has 0 saturated heterocycles. The Morgan fingerprint density at radius 3 is 2.59 bits per heavy atom. The molecule has 7 heteroatoms. The molecule has 0 spiro atoms. The molecule has 7 nitrogen and oxygen atoms in total. The number of carbonyl (C=O) groups excluding carboxylic acids is 1. The lowest BCUT2D eigenvalue weighted by molar-refractivity contribution is 0.0955. The van der Waals surface area contributed by atoms with Crippen molar-refractivity contribution < 1.29 is 14.3 Å². The SMILES string of the molecule is COc1cccc(/C=N/NC(=O)c2ccccc2)c1OCc1nc(C)c2ccccc2n1. The van der Waals surface area contributed by atoms with Crippen molar-refractivity contribution in [3.8, 4) is 11.5 Å². The van der Waals surface area contributed by atoms with Crippen molar-refractivity contribution >= 4 is 23.0 Å². The fraction of sp³-hybridized carbons (Fsp3) is 0.120. The van der Waals surface area contributed by atoms with Crippen molar-refractivity contribution in [3.63, 3.8) is 0 Å². The van der Waals surface area contributed by atoms with E-state index in [1.165, 1.54) is 6.21 Å². The van der Waals surface area contributed by atoms with Gasteiger partial charge in [-0.2, -0.15) is 5.10 Å². The number of nitrogens with one attached hydrogen (secondary N) is 1. The molecule has 0 radical (unpaired) electrons. The summed E-state index contributed by atoms with van der Waals surface area (Å²) in [7, 11) is 1.57. The minimum atomic E-state index is -0.299. The van der Waals surface area contributed by atoms with Crippen LogP contribution < -0.4 is 14.9 Å². The van der Waals surface area contributed by atoms with Gasteiger partial charge in [0, 0.05) is 22.2 Å². The summed E-state index contributed by atoms with van der Waals surface area (Å²) in [6.07, 6.45) is 1.52. The van der Waals surface area contributed by atoms with E-state index in [9.17, 15) is 4.79 Å². The molecule has 32 heavy (non-hydrogen) atoms. The van der Waals surface area contributed by atoms with E-state index < -0.39 is 0 Å². The fourth-order valence-corrected chi connectivity index (χ4v) is 3.26. The number of para-hydroxylation sites is 2. The first-order valence-electron chi connectivity index (χ1n) is 10.1. The summed E-state index contributed by atoms with van der Waals surface area (Å²) in [6.45, 7) is 2.10. The zero-order chi connectivity index (χ0) is 22.3. The number of rotatable bonds is 7. The Balaban J connectivity index is 1.53. The van der Waals surface area contributed by atoms with Gasteiger partial charge in [-0.1, -0.05) is 42.5 Å². The fourth-order valence-electron chi connectivity index (χ4n) is 3.26. The van der Waals surface area contributed by atoms with Gasteiger partial charge < -0.3 is 9.47 Å². The molecule has 1 heterocycles. The van der Waals surface area contributed by atoms with Crippen LogP contribution in [0.5, 0.6) is 11.5 Å². The molecular weight excluding hydrogens is 404 g/mol. The third-order valence-electron chi connectivity index (χ3n) is 4.82. The molecule has 3 aromatic carbocycles. The maximum atomic E-state index is 12.2. The molecule has 4 aromatic rings. The summed E-state index contributed by atoms with van der Waals surface area (Å²) in [5, 5.41) is 5.08. The van der Waals surface area contributed by atoms with Crippen LogP contribution in [-0.4, -0.2) is 29.2 Å². The van der Waals surface area contributed by atoms with Gasteiger partial charge in [0.15, 0.2) is 17.3 Å². The van der Waals surface area contributed by atoms with Crippen molar-refractivity contribution in [2.45, 2.75) is 13.5 Å². The molecule has 0 atom stereocenters. The quantitative estimate of drug-likeness (QED) is 0.352. The molecule has 0 aliphatic rings. The van der Waals surface area contributed by atoms with Crippen LogP contribution in [0.1, 0.15) is 27.4 Å². The van der Waals surface area contributed by atoms with Crippen LogP contribution in [0, 0.1) is 6.92 Å². The van der Waals surface area contributed by atoms with Crippen molar-refractivity contribution in [1.82, 2.24) is 15.4 Å². The number of nitrogens with zero attached hydrogens (tertiary/aromatic N) is 3. The first-order valence-corrected chi connectivity index (χ1v) is 10.1. The highest BCUT2D eigenvalue weighted by Crippen LogP contribution is 2.30. The average Bonchev–Trinajstić information content (AvgIpc) is 2.83. The van der Waals surface area contributed by atoms with E-state index in [-0.39, 0.29) is 12.5 Å². The van der Waals surface area contributed by atoms with Crippen LogP contribution >= 0.6 is 0 Å². The lowest BCUT2D eigenvalue weighted by Crippen LogP contribution is -2.17. The van der Waals surface area contributed by atoms with Gasteiger partial charge in [-0.15, -0.1) is 0 Å². The predicted octanol–water partition coefficient (Wildman–Crippen LogP) is 4.29. The summed E-state index contributed by atoms with van der Waals surface area (Å²) >= 11 is 0. The zero-order valence-corrected chi connectivity index (χ0v) is 17.8. The van der Waals surface area contributed by atoms with Crippen LogP contribution in [0.3, 0.4) is 0 Å². The number of aromatic nitrogens is 2. The van der Waals surface area contributed by atoms with Crippen LogP contribution in [0.25, 0.3) is 10.9 Å². The average molecular weight is 426 g/mol. The van der Waals surface area contributed by atoms with E-state index >= 15 is 0 Å². The Bertz CT molecular complexity index is 1270. The topological polar surface area (TPSA) is 85.7 Å². The Kier molecular flexibility index (Phi) is 6.36. The summed E-state index contributed by atoms with van der Waals surface area (Å²) in [6, 6.07) is 22.2. The highest BCUT2D eigenvalue weighted by molar-refractivity contribution is 5.95. The molecule has 0 aliphatic heterocycles. The predicted molar refractivity (Wildman–Crippen MR) is 123 cm³/mol. The Morgan fingerprint density at radius 1 is 1.00 bits per heavy atom. The van der Waals surface area contributed by atoms with E-state index in [1.54, 1.807) is 37.4 Å². The van der Waals surface area contributed by atoms with Crippen LogP contribution in [0.15, 0.2) is 77.9 Å². The molecular formula is C25H22N4O3. The molecule has 1 N–H and O–H groups in total. The number of hydrogen-bond donors (Lipinski definition) is 1. The monoisotopic (exact) mass is 426 g/mol. The van der Waals surface area contributed by atoms with E-state index in [1.807, 2.05) is 49.4 Å². The number of hydrogen-bond acceptors (Lipinski definition) is 6. The Labute approximate surface area is 185 Å². The largest absolute Gasteiger partial charge is 0.493 e. The van der Waals surface area contributed by atoms with Gasteiger partial charge in [0.1, 0.15) is 6.61 Å². The van der Waals surface area contributed by atoms with Gasteiger partial charge in [0.05, 0.1) is 18.8 Å². The standard InChI is InChI=1S/C25H22N4O3/c1-17-20-12-6-7-13-21(20)28-23(27-17)16-32-24-19(11-8-14-22(24)31-2)15-26-29-25(30)18-9-4-3-5-10-18/h3-15H,16H2,1-2H3,(H,29,30)/b26-15+. The molecule has 4 rings (SSSR count). The summed E-state index contributed by atoms with van der Waals surface area (Å²) in [5.74, 6) is 1.29. The Morgan fingerprint density at radius 2 is 1.78 bits per heavy atom. The molecule has 0 saturated carbocycles. The van der Waals surface area contributed by atoms with Gasteiger partial charge in [0.2, 0.25) is 0 Å². The number of carbonyl (C=O) groups is 1. The Hall–Kier alpha value is -4.26. The van der Waals surface area contributed by atoms with Crippen molar-refractivity contribution in [1.29, 1.82) is 0 Å². The molecule has 0 aliphatic carbocycles. The van der Waals surface area contributed by atoms with E-state index in [4.69, 9.17) is 9.47 Å². The lowest BCUT2D eigenvalue weighted by Gasteiger charge is -2.13. The number of methoxy groups -OCH3 is 1. The number of ether oxygens (including phenoxy) is 2. The van der Waals surface area contributed by atoms with Gasteiger partial charge in [-0.3, -0.25) is 4.79 Å². The van der Waals surface area contributed by atoms with Gasteiger partial charge >= 0.3 is 0 Å². The second-order valence-corrected chi connectivity index (χ2v) is 6.97. The normalized spacial score (nSPS) is 10.9. The van der Waals surface area contributed by atoms with Crippen molar-refractivity contribution in [2.24, 2.45) is 5.10 Å². The van der Waals surface area contributed by atoms with E-state index in [2.05, 4.69) is 20.5 Å². The van der Waals surface area contributed by atoms with Gasteiger partial charge in [-0.05, 0) is 37.3 Å². The molecule has 0 unspecified atom stereocenters. The number of aryl methyl sites for hydroxylation is 1. The summed E-state index contributed by atoms with van der Waals surface area (Å²) in [4.78, 5) is 21.3. The minimum Gasteiger partial charge on any atom is -0.493 e. The highest BCUT2D eigenvalue weighted by Gasteiger charge is 2.12. The molecule has 160 valence electrons. The molecule has 1 amide bonds. The van der Waals surface area contributed by atoms with Gasteiger partial charge in [-0.25, -0.2) is 15.4 Å². The zero-order valence-electron chi connectivity index (χ0n) is 17.8. The van der Waals surface area contributed by atoms with Gasteiger partial charge in [0.25, 0.3) is 5.91 Å². The first-order chi connectivity index (χ1) is 15.7. The summed E-state index contributed by atoms with van der Waals surface area (Å²) < 4.78 is 11.5. The van der Waals surface area contributed by atoms with Crippen LogP contribution in [0.2, 0.25) is 0 Å². The van der Waals surface area contributed by atoms with Crippen molar-refractivity contribution in [3.05, 3.63) is 95.4 Å². The van der Waals surface area contributed by atoms with Crippen LogP contribution in [-0.2, 0) is 6.61 Å². The molecule has 1 aromatic heterocycles. The van der Waals surface area contributed by atoms with E-state index in [0.29, 0.717) is 28.5 Å². The maximum absolute atomic E-state index is 12.2. The number of fused-ring (bicyclic) bond motifs is 1. The second-order valence-electron chi connectivity index (χ2n) is 6.97.